The van der Waals surface area contributed by atoms with Gasteiger partial charge in [-0.25, -0.2) is 4.98 Å². The molecular formula is C9H8N2OS. The molecule has 0 aliphatic rings. The molecule has 0 unspecified atom stereocenters. The SMILES string of the molecule is Cc1ccsc1-c1cnc[nH]c1=O. The Morgan fingerprint density at radius 1 is 1.54 bits per heavy atom. The number of thiophene rings is 1. The van der Waals surface area contributed by atoms with Crippen LogP contribution < -0.4 is 5.56 Å². The molecule has 0 atom stereocenters. The lowest BCUT2D eigenvalue weighted by atomic mass is 10.2. The van der Waals surface area contributed by atoms with Gasteiger partial charge < -0.3 is 4.98 Å². The fourth-order valence-corrected chi connectivity index (χ4v) is 2.09. The van der Waals surface area contributed by atoms with Crippen molar-refractivity contribution in [1.82, 2.24) is 9.97 Å². The van der Waals surface area contributed by atoms with E-state index in [0.717, 1.165) is 10.4 Å². The Labute approximate surface area is 79.1 Å². The lowest BCUT2D eigenvalue weighted by Crippen LogP contribution is -2.07. The van der Waals surface area contributed by atoms with Crippen LogP contribution in [0.15, 0.2) is 28.8 Å². The van der Waals surface area contributed by atoms with Crippen molar-refractivity contribution in [1.29, 1.82) is 0 Å². The van der Waals surface area contributed by atoms with Gasteiger partial charge in [0.2, 0.25) is 0 Å². The average molecular weight is 192 g/mol. The number of aryl methyl sites for hydroxylation is 1. The predicted octanol–water partition coefficient (Wildman–Crippen LogP) is 1.81. The van der Waals surface area contributed by atoms with E-state index in [-0.39, 0.29) is 5.56 Å². The Balaban J connectivity index is 2.66. The molecule has 66 valence electrons. The zero-order valence-corrected chi connectivity index (χ0v) is 7.89. The Morgan fingerprint density at radius 2 is 2.38 bits per heavy atom. The van der Waals surface area contributed by atoms with Gasteiger partial charge in [-0.2, -0.15) is 0 Å². The van der Waals surface area contributed by atoms with E-state index < -0.39 is 0 Å². The molecule has 2 rings (SSSR count). The van der Waals surface area contributed by atoms with Gasteiger partial charge in [0.05, 0.1) is 11.9 Å². The molecule has 1 N–H and O–H groups in total. The molecule has 0 saturated heterocycles. The second kappa shape index (κ2) is 3.14. The fourth-order valence-electron chi connectivity index (χ4n) is 1.15. The summed E-state index contributed by atoms with van der Waals surface area (Å²) < 4.78 is 0. The topological polar surface area (TPSA) is 45.8 Å². The highest BCUT2D eigenvalue weighted by atomic mass is 32.1. The summed E-state index contributed by atoms with van der Waals surface area (Å²) >= 11 is 1.56. The molecule has 0 amide bonds. The molecule has 0 aliphatic carbocycles. The summed E-state index contributed by atoms with van der Waals surface area (Å²) in [5.74, 6) is 0. The summed E-state index contributed by atoms with van der Waals surface area (Å²) in [4.78, 5) is 18.8. The van der Waals surface area contributed by atoms with Crippen molar-refractivity contribution in [3.63, 3.8) is 0 Å². The van der Waals surface area contributed by atoms with E-state index in [9.17, 15) is 4.79 Å². The molecule has 4 heteroatoms. The Bertz CT molecular complexity index is 472. The molecule has 13 heavy (non-hydrogen) atoms. The maximum Gasteiger partial charge on any atom is 0.259 e. The number of hydrogen-bond acceptors (Lipinski definition) is 3. The predicted molar refractivity (Wildman–Crippen MR) is 52.9 cm³/mol. The lowest BCUT2D eigenvalue weighted by molar-refractivity contribution is 1.12. The number of aromatic amines is 1. The third-order valence-electron chi connectivity index (χ3n) is 1.83. The van der Waals surface area contributed by atoms with Crippen molar-refractivity contribution < 1.29 is 0 Å². The molecule has 0 bridgehead atoms. The van der Waals surface area contributed by atoms with Crippen LogP contribution in [0.3, 0.4) is 0 Å². The minimum atomic E-state index is -0.0828. The van der Waals surface area contributed by atoms with Gasteiger partial charge in [-0.1, -0.05) is 0 Å². The lowest BCUT2D eigenvalue weighted by Gasteiger charge is -1.95. The minimum absolute atomic E-state index is 0.0828. The van der Waals surface area contributed by atoms with E-state index in [0.29, 0.717) is 5.56 Å². The van der Waals surface area contributed by atoms with Gasteiger partial charge in [0.25, 0.3) is 5.56 Å². The summed E-state index contributed by atoms with van der Waals surface area (Å²) in [6, 6.07) is 1.99. The van der Waals surface area contributed by atoms with Crippen LogP contribution in [0, 0.1) is 6.92 Å². The fraction of sp³-hybridized carbons (Fsp3) is 0.111. The van der Waals surface area contributed by atoms with E-state index in [2.05, 4.69) is 9.97 Å². The summed E-state index contributed by atoms with van der Waals surface area (Å²) in [6.07, 6.45) is 2.99. The Morgan fingerprint density at radius 3 is 3.00 bits per heavy atom. The summed E-state index contributed by atoms with van der Waals surface area (Å²) in [7, 11) is 0. The first kappa shape index (κ1) is 8.19. The maximum absolute atomic E-state index is 11.4. The van der Waals surface area contributed by atoms with Crippen molar-refractivity contribution in [3.05, 3.63) is 39.9 Å². The first-order chi connectivity index (χ1) is 6.29. The van der Waals surface area contributed by atoms with Crippen LogP contribution in [-0.2, 0) is 0 Å². The Kier molecular flexibility index (Phi) is 1.98. The van der Waals surface area contributed by atoms with E-state index in [1.807, 2.05) is 18.4 Å². The van der Waals surface area contributed by atoms with Crippen LogP contribution in [0.4, 0.5) is 0 Å². The molecule has 0 spiro atoms. The van der Waals surface area contributed by atoms with Gasteiger partial charge in [0.15, 0.2) is 0 Å². The number of rotatable bonds is 1. The summed E-state index contributed by atoms with van der Waals surface area (Å²) in [5.41, 5.74) is 1.68. The highest BCUT2D eigenvalue weighted by molar-refractivity contribution is 7.13. The van der Waals surface area contributed by atoms with E-state index in [1.54, 1.807) is 17.5 Å². The monoisotopic (exact) mass is 192 g/mol. The minimum Gasteiger partial charge on any atom is -0.313 e. The molecule has 0 aliphatic heterocycles. The van der Waals surface area contributed by atoms with Crippen molar-refractivity contribution in [2.45, 2.75) is 6.92 Å². The van der Waals surface area contributed by atoms with Gasteiger partial charge in [-0.15, -0.1) is 11.3 Å². The third-order valence-corrected chi connectivity index (χ3v) is 2.87. The van der Waals surface area contributed by atoms with Crippen LogP contribution in [0.25, 0.3) is 10.4 Å². The van der Waals surface area contributed by atoms with Gasteiger partial charge >= 0.3 is 0 Å². The third kappa shape index (κ3) is 1.40. The van der Waals surface area contributed by atoms with Crippen LogP contribution in [0.2, 0.25) is 0 Å². The van der Waals surface area contributed by atoms with Crippen LogP contribution >= 0.6 is 11.3 Å². The van der Waals surface area contributed by atoms with Crippen LogP contribution in [0.5, 0.6) is 0 Å². The van der Waals surface area contributed by atoms with Crippen LogP contribution in [0.1, 0.15) is 5.56 Å². The highest BCUT2D eigenvalue weighted by Gasteiger charge is 2.06. The van der Waals surface area contributed by atoms with Crippen molar-refractivity contribution >= 4 is 11.3 Å². The molecule has 2 aromatic heterocycles. The molecule has 0 saturated carbocycles. The number of hydrogen-bond donors (Lipinski definition) is 1. The molecule has 0 radical (unpaired) electrons. The summed E-state index contributed by atoms with van der Waals surface area (Å²) in [5, 5.41) is 1.97. The van der Waals surface area contributed by atoms with Crippen molar-refractivity contribution in [2.24, 2.45) is 0 Å². The first-order valence-electron chi connectivity index (χ1n) is 3.86. The molecule has 2 aromatic rings. The van der Waals surface area contributed by atoms with Gasteiger partial charge in [-0.3, -0.25) is 4.79 Å². The second-order valence-corrected chi connectivity index (χ2v) is 3.64. The van der Waals surface area contributed by atoms with E-state index in [4.69, 9.17) is 0 Å². The number of nitrogens with one attached hydrogen (secondary N) is 1. The summed E-state index contributed by atoms with van der Waals surface area (Å²) in [6.45, 7) is 1.98. The first-order valence-corrected chi connectivity index (χ1v) is 4.74. The molecule has 3 nitrogen and oxygen atoms in total. The van der Waals surface area contributed by atoms with E-state index in [1.165, 1.54) is 6.33 Å². The molecule has 2 heterocycles. The normalized spacial score (nSPS) is 10.2. The Hall–Kier alpha value is -1.42. The highest BCUT2D eigenvalue weighted by Crippen LogP contribution is 2.25. The van der Waals surface area contributed by atoms with Crippen LogP contribution in [-0.4, -0.2) is 9.97 Å². The smallest absolute Gasteiger partial charge is 0.259 e. The molecule has 0 fully saturated rings. The second-order valence-electron chi connectivity index (χ2n) is 2.73. The van der Waals surface area contributed by atoms with Gasteiger partial charge in [-0.05, 0) is 23.9 Å². The standard InChI is InChI=1S/C9H8N2OS/c1-6-2-3-13-8(6)7-4-10-5-11-9(7)12/h2-5H,1H3,(H,10,11,12). The number of aromatic nitrogens is 2. The van der Waals surface area contributed by atoms with Gasteiger partial charge in [0.1, 0.15) is 0 Å². The van der Waals surface area contributed by atoms with Crippen molar-refractivity contribution in [3.8, 4) is 10.4 Å². The quantitative estimate of drug-likeness (QED) is 0.749. The number of nitrogens with zero attached hydrogens (tertiary/aromatic N) is 1. The number of H-pyrrole nitrogens is 1. The molecule has 0 aromatic carbocycles. The van der Waals surface area contributed by atoms with Crippen molar-refractivity contribution in [2.75, 3.05) is 0 Å². The zero-order chi connectivity index (χ0) is 9.26. The largest absolute Gasteiger partial charge is 0.313 e. The molecular weight excluding hydrogens is 184 g/mol. The zero-order valence-electron chi connectivity index (χ0n) is 7.07. The van der Waals surface area contributed by atoms with E-state index >= 15 is 0 Å². The maximum atomic E-state index is 11.4. The van der Waals surface area contributed by atoms with Gasteiger partial charge in [0, 0.05) is 11.1 Å². The average Bonchev–Trinajstić information content (AvgIpc) is 2.52.